The lowest BCUT2D eigenvalue weighted by Gasteiger charge is -2.21. The number of carbonyl (C=O) groups is 1. The summed E-state index contributed by atoms with van der Waals surface area (Å²) in [5.74, 6) is -1.99. The molecule has 0 unspecified atom stereocenters. The van der Waals surface area contributed by atoms with E-state index in [1.165, 1.54) is 6.20 Å². The van der Waals surface area contributed by atoms with Crippen molar-refractivity contribution in [3.8, 4) is 0 Å². The minimum Gasteiger partial charge on any atom is -0.359 e. The third kappa shape index (κ3) is 5.19. The summed E-state index contributed by atoms with van der Waals surface area (Å²) < 4.78 is 79.3. The van der Waals surface area contributed by atoms with E-state index < -0.39 is 52.7 Å². The van der Waals surface area contributed by atoms with Crippen molar-refractivity contribution < 1.29 is 31.1 Å². The molecule has 0 spiro atoms. The Balaban J connectivity index is 2.09. The number of hydrogen-bond acceptors (Lipinski definition) is 3. The van der Waals surface area contributed by atoms with Gasteiger partial charge in [0.05, 0.1) is 22.5 Å². The summed E-state index contributed by atoms with van der Waals surface area (Å²) >= 11 is 0. The number of ketones is 1. The van der Waals surface area contributed by atoms with Crippen molar-refractivity contribution in [3.05, 3.63) is 99.2 Å². The number of H-pyrrole nitrogens is 1. The van der Waals surface area contributed by atoms with Crippen molar-refractivity contribution in [2.24, 2.45) is 0 Å². The van der Waals surface area contributed by atoms with Crippen LogP contribution < -0.4 is 5.43 Å². The van der Waals surface area contributed by atoms with Gasteiger partial charge in [-0.05, 0) is 29.8 Å². The molecule has 0 bridgehead atoms. The lowest BCUT2D eigenvalue weighted by molar-refractivity contribution is -0.139. The maximum Gasteiger partial charge on any atom is 0.418 e. The van der Waals surface area contributed by atoms with E-state index in [0.717, 1.165) is 54.7 Å². The largest absolute Gasteiger partial charge is 0.418 e. The smallest absolute Gasteiger partial charge is 0.359 e. The van der Waals surface area contributed by atoms with Crippen molar-refractivity contribution >= 4 is 5.78 Å². The Morgan fingerprint density at radius 3 is 2.23 bits per heavy atom. The molecule has 3 rings (SSSR count). The van der Waals surface area contributed by atoms with Gasteiger partial charge in [0.2, 0.25) is 0 Å². The standard InChI is InChI=1S/C21H14F6N2O2/c22-20(23,24)13-5-3-12(4-6-13)15(11-18(31)17-10-14(30)7-9-28-17)19-16(21(25,26)27)2-1-8-29-19/h1-10,15H,11H2,(H,28,30)/t15-/m0/s1. The number of carbonyl (C=O) groups excluding carboxylic acids is 1. The van der Waals surface area contributed by atoms with Gasteiger partial charge in [-0.1, -0.05) is 12.1 Å². The van der Waals surface area contributed by atoms with E-state index in [2.05, 4.69) is 9.97 Å². The van der Waals surface area contributed by atoms with Crippen LogP contribution in [0.15, 0.2) is 65.7 Å². The minimum atomic E-state index is -4.79. The fourth-order valence-corrected chi connectivity index (χ4v) is 3.11. The molecule has 0 saturated heterocycles. The monoisotopic (exact) mass is 440 g/mol. The average molecular weight is 440 g/mol. The number of alkyl halides is 6. The Morgan fingerprint density at radius 2 is 1.65 bits per heavy atom. The van der Waals surface area contributed by atoms with Gasteiger partial charge in [0, 0.05) is 36.9 Å². The summed E-state index contributed by atoms with van der Waals surface area (Å²) in [5, 5.41) is 0. The third-order valence-corrected chi connectivity index (χ3v) is 4.58. The highest BCUT2D eigenvalue weighted by atomic mass is 19.4. The lowest BCUT2D eigenvalue weighted by Crippen LogP contribution is -2.18. The molecule has 2 aromatic heterocycles. The highest BCUT2D eigenvalue weighted by Gasteiger charge is 2.37. The minimum absolute atomic E-state index is 0.0452. The Kier molecular flexibility index (Phi) is 6.01. The third-order valence-electron chi connectivity index (χ3n) is 4.58. The topological polar surface area (TPSA) is 62.8 Å². The van der Waals surface area contributed by atoms with E-state index in [-0.39, 0.29) is 11.3 Å². The van der Waals surface area contributed by atoms with Crippen LogP contribution in [-0.4, -0.2) is 15.8 Å². The molecule has 2 heterocycles. The summed E-state index contributed by atoms with van der Waals surface area (Å²) in [5.41, 5.74) is -3.15. The van der Waals surface area contributed by atoms with Crippen LogP contribution in [0, 0.1) is 0 Å². The first kappa shape index (κ1) is 22.3. The summed E-state index contributed by atoms with van der Waals surface area (Å²) in [6.07, 6.45) is -7.65. The van der Waals surface area contributed by atoms with E-state index in [1.807, 2.05) is 0 Å². The van der Waals surface area contributed by atoms with E-state index >= 15 is 0 Å². The number of halogens is 6. The molecule has 0 fully saturated rings. The summed E-state index contributed by atoms with van der Waals surface area (Å²) in [6, 6.07) is 7.51. The van der Waals surface area contributed by atoms with E-state index in [0.29, 0.717) is 0 Å². The highest BCUT2D eigenvalue weighted by Crippen LogP contribution is 2.39. The van der Waals surface area contributed by atoms with Crippen molar-refractivity contribution in [1.82, 2.24) is 9.97 Å². The molecule has 3 aromatic rings. The van der Waals surface area contributed by atoms with Crippen molar-refractivity contribution in [3.63, 3.8) is 0 Å². The van der Waals surface area contributed by atoms with Gasteiger partial charge in [-0.15, -0.1) is 0 Å². The van der Waals surface area contributed by atoms with E-state index in [4.69, 9.17) is 0 Å². The number of benzene rings is 1. The molecule has 162 valence electrons. The number of aromatic nitrogens is 2. The molecule has 0 aliphatic heterocycles. The van der Waals surface area contributed by atoms with Gasteiger partial charge in [0.25, 0.3) is 0 Å². The second-order valence-electron chi connectivity index (χ2n) is 6.67. The molecule has 0 radical (unpaired) electrons. The van der Waals surface area contributed by atoms with Gasteiger partial charge in [-0.25, -0.2) is 0 Å². The zero-order valence-corrected chi connectivity index (χ0v) is 15.6. The van der Waals surface area contributed by atoms with Crippen molar-refractivity contribution in [2.75, 3.05) is 0 Å². The molecule has 0 aliphatic rings. The Labute approximate surface area is 171 Å². The molecule has 31 heavy (non-hydrogen) atoms. The van der Waals surface area contributed by atoms with Gasteiger partial charge in [0.1, 0.15) is 0 Å². The van der Waals surface area contributed by atoms with Crippen molar-refractivity contribution in [2.45, 2.75) is 24.7 Å². The van der Waals surface area contributed by atoms with E-state index in [1.54, 1.807) is 0 Å². The molecule has 10 heteroatoms. The van der Waals surface area contributed by atoms with Gasteiger partial charge >= 0.3 is 12.4 Å². The van der Waals surface area contributed by atoms with E-state index in [9.17, 15) is 35.9 Å². The van der Waals surface area contributed by atoms with Crippen LogP contribution in [0.25, 0.3) is 0 Å². The number of Topliss-reactive ketones (excluding diaryl/α,β-unsaturated/α-hetero) is 1. The number of pyridine rings is 2. The highest BCUT2D eigenvalue weighted by molar-refractivity contribution is 5.95. The van der Waals surface area contributed by atoms with Crippen LogP contribution in [0.5, 0.6) is 0 Å². The first-order valence-corrected chi connectivity index (χ1v) is 8.88. The molecule has 1 atom stereocenters. The van der Waals surface area contributed by atoms with Gasteiger partial charge in [0.15, 0.2) is 11.2 Å². The summed E-state index contributed by atoms with van der Waals surface area (Å²) in [4.78, 5) is 30.5. The lowest BCUT2D eigenvalue weighted by atomic mass is 9.86. The average Bonchev–Trinajstić information content (AvgIpc) is 2.71. The molecule has 1 aromatic carbocycles. The van der Waals surface area contributed by atoms with Crippen LogP contribution in [0.2, 0.25) is 0 Å². The fourth-order valence-electron chi connectivity index (χ4n) is 3.11. The maximum absolute atomic E-state index is 13.5. The number of rotatable bonds is 5. The van der Waals surface area contributed by atoms with Crippen LogP contribution in [0.1, 0.15) is 45.2 Å². The van der Waals surface area contributed by atoms with Crippen molar-refractivity contribution in [1.29, 1.82) is 0 Å². The second kappa shape index (κ2) is 8.37. The number of hydrogen-bond donors (Lipinski definition) is 1. The van der Waals surface area contributed by atoms with Crippen LogP contribution in [-0.2, 0) is 12.4 Å². The number of nitrogens with one attached hydrogen (secondary N) is 1. The molecule has 0 aliphatic carbocycles. The van der Waals surface area contributed by atoms with Gasteiger partial charge < -0.3 is 4.98 Å². The zero-order valence-electron chi connectivity index (χ0n) is 15.6. The van der Waals surface area contributed by atoms with Gasteiger partial charge in [-0.3, -0.25) is 14.6 Å². The quantitative estimate of drug-likeness (QED) is 0.438. The molecular weight excluding hydrogens is 426 g/mol. The normalized spacial score (nSPS) is 13.1. The number of aromatic amines is 1. The predicted octanol–water partition coefficient (Wildman–Crippen LogP) is 5.21. The first-order valence-electron chi connectivity index (χ1n) is 8.88. The molecule has 1 N–H and O–H groups in total. The fraction of sp³-hybridized carbons (Fsp3) is 0.190. The molecule has 0 amide bonds. The molecule has 4 nitrogen and oxygen atoms in total. The second-order valence-corrected chi connectivity index (χ2v) is 6.67. The molecule has 0 saturated carbocycles. The SMILES string of the molecule is O=C(C[C@@H](c1ccc(C(F)(F)F)cc1)c1ncccc1C(F)(F)F)c1cc(=O)cc[nH]1. The van der Waals surface area contributed by atoms with Crippen LogP contribution in [0.4, 0.5) is 26.3 Å². The Hall–Kier alpha value is -3.43. The Bertz CT molecular complexity index is 1130. The summed E-state index contributed by atoms with van der Waals surface area (Å²) in [6.45, 7) is 0. The predicted molar refractivity (Wildman–Crippen MR) is 98.5 cm³/mol. The van der Waals surface area contributed by atoms with Crippen LogP contribution in [0.3, 0.4) is 0 Å². The van der Waals surface area contributed by atoms with Crippen LogP contribution >= 0.6 is 0 Å². The molecular formula is C21H14F6N2O2. The zero-order chi connectivity index (χ0) is 22.8. The van der Waals surface area contributed by atoms with Gasteiger partial charge in [-0.2, -0.15) is 26.3 Å². The first-order chi connectivity index (χ1) is 14.5. The Morgan fingerprint density at radius 1 is 0.968 bits per heavy atom. The number of nitrogens with zero attached hydrogens (tertiary/aromatic N) is 1. The summed E-state index contributed by atoms with van der Waals surface area (Å²) in [7, 11) is 0. The maximum atomic E-state index is 13.5.